The van der Waals surface area contributed by atoms with Crippen LogP contribution in [0.3, 0.4) is 0 Å². The summed E-state index contributed by atoms with van der Waals surface area (Å²) in [6.07, 6.45) is 2.41. The molecule has 0 spiro atoms. The second-order valence-corrected chi connectivity index (χ2v) is 7.18. The van der Waals surface area contributed by atoms with Gasteiger partial charge in [0.15, 0.2) is 0 Å². The summed E-state index contributed by atoms with van der Waals surface area (Å²) in [5.74, 6) is 0.674. The first-order valence-corrected chi connectivity index (χ1v) is 9.13. The molecular weight excluding hydrogens is 312 g/mol. The van der Waals surface area contributed by atoms with Crippen LogP contribution in [0.1, 0.15) is 23.3 Å². The van der Waals surface area contributed by atoms with Gasteiger partial charge >= 0.3 is 0 Å². The first-order valence-electron chi connectivity index (χ1n) is 9.13. The fraction of sp³-hybridized carbons (Fsp3) is 0.450. The second-order valence-electron chi connectivity index (χ2n) is 7.18. The Labute approximate surface area is 149 Å². The van der Waals surface area contributed by atoms with Crippen LogP contribution in [-0.2, 0) is 7.05 Å². The zero-order valence-electron chi connectivity index (χ0n) is 15.0. The molecule has 3 aliphatic rings. The van der Waals surface area contributed by atoms with E-state index in [-0.39, 0.29) is 11.9 Å². The van der Waals surface area contributed by atoms with Crippen molar-refractivity contribution in [3.63, 3.8) is 0 Å². The largest absolute Gasteiger partial charge is 0.388 e. The highest BCUT2D eigenvalue weighted by atomic mass is 16.2. The van der Waals surface area contributed by atoms with Crippen LogP contribution in [0, 0.1) is 5.92 Å². The van der Waals surface area contributed by atoms with Crippen LogP contribution in [0.15, 0.2) is 36.4 Å². The zero-order chi connectivity index (χ0) is 17.4. The van der Waals surface area contributed by atoms with Gasteiger partial charge in [0.05, 0.1) is 5.69 Å². The van der Waals surface area contributed by atoms with E-state index >= 15 is 0 Å². The van der Waals surface area contributed by atoms with Crippen LogP contribution in [0.25, 0.3) is 11.3 Å². The minimum Gasteiger partial charge on any atom is -0.388 e. The van der Waals surface area contributed by atoms with E-state index in [1.54, 1.807) is 0 Å². The van der Waals surface area contributed by atoms with Gasteiger partial charge in [0, 0.05) is 37.9 Å². The van der Waals surface area contributed by atoms with Crippen LogP contribution in [0.5, 0.6) is 0 Å². The Hall–Kier alpha value is -2.27. The van der Waals surface area contributed by atoms with Gasteiger partial charge < -0.3 is 20.1 Å². The third-order valence-corrected chi connectivity index (χ3v) is 5.80. The quantitative estimate of drug-likeness (QED) is 0.901. The summed E-state index contributed by atoms with van der Waals surface area (Å²) >= 11 is 0. The van der Waals surface area contributed by atoms with E-state index < -0.39 is 0 Å². The summed E-state index contributed by atoms with van der Waals surface area (Å²) in [7, 11) is 3.88. The first-order chi connectivity index (χ1) is 12.2. The Morgan fingerprint density at radius 3 is 2.56 bits per heavy atom. The highest BCUT2D eigenvalue weighted by Gasteiger charge is 2.35. The Bertz CT molecular complexity index is 774. The molecule has 3 fully saturated rings. The number of nitrogens with one attached hydrogen (secondary N) is 2. The highest BCUT2D eigenvalue weighted by Crippen LogP contribution is 2.30. The monoisotopic (exact) mass is 338 g/mol. The number of amides is 1. The molecule has 1 aromatic heterocycles. The molecule has 3 aliphatic heterocycles. The van der Waals surface area contributed by atoms with Gasteiger partial charge in [-0.2, -0.15) is 0 Å². The first kappa shape index (κ1) is 16.2. The van der Waals surface area contributed by atoms with E-state index in [4.69, 9.17) is 0 Å². The number of anilines is 1. The number of hydrogen-bond acceptors (Lipinski definition) is 3. The van der Waals surface area contributed by atoms with E-state index in [1.165, 1.54) is 25.9 Å². The normalized spacial score (nSPS) is 25.0. The van der Waals surface area contributed by atoms with Gasteiger partial charge in [0.2, 0.25) is 0 Å². The molecule has 3 saturated heterocycles. The van der Waals surface area contributed by atoms with Gasteiger partial charge in [0.25, 0.3) is 5.91 Å². The zero-order valence-corrected chi connectivity index (χ0v) is 15.0. The van der Waals surface area contributed by atoms with Crippen LogP contribution in [0.2, 0.25) is 0 Å². The van der Waals surface area contributed by atoms with Gasteiger partial charge in [-0.1, -0.05) is 18.2 Å². The molecule has 2 aromatic rings. The van der Waals surface area contributed by atoms with Crippen molar-refractivity contribution in [2.75, 3.05) is 32.0 Å². The molecule has 0 aliphatic carbocycles. The molecule has 2 N–H and O–H groups in total. The van der Waals surface area contributed by atoms with Crippen LogP contribution < -0.4 is 10.6 Å². The molecule has 0 radical (unpaired) electrons. The summed E-state index contributed by atoms with van der Waals surface area (Å²) < 4.78 is 1.99. The predicted molar refractivity (Wildman–Crippen MR) is 101 cm³/mol. The van der Waals surface area contributed by atoms with Crippen LogP contribution in [-0.4, -0.2) is 48.1 Å². The van der Waals surface area contributed by atoms with Crippen molar-refractivity contribution in [1.82, 2.24) is 14.8 Å². The van der Waals surface area contributed by atoms with Crippen molar-refractivity contribution in [3.8, 4) is 11.3 Å². The summed E-state index contributed by atoms with van der Waals surface area (Å²) in [6, 6.07) is 12.4. The molecule has 0 unspecified atom stereocenters. The summed E-state index contributed by atoms with van der Waals surface area (Å²) in [6.45, 7) is 3.37. The maximum absolute atomic E-state index is 12.8. The van der Waals surface area contributed by atoms with E-state index in [2.05, 4.69) is 27.7 Å². The number of hydrogen-bond donors (Lipinski definition) is 2. The fourth-order valence-electron chi connectivity index (χ4n) is 4.31. The molecular formula is C20H26N4O. The lowest BCUT2D eigenvalue weighted by Crippen LogP contribution is -2.57. The smallest absolute Gasteiger partial charge is 0.268 e. The Kier molecular flexibility index (Phi) is 4.25. The van der Waals surface area contributed by atoms with E-state index in [0.29, 0.717) is 5.92 Å². The molecule has 1 aromatic carbocycles. The average molecular weight is 338 g/mol. The number of rotatable bonds is 4. The standard InChI is InChI=1S/C20H26N4O/c1-21-16-6-4-3-5-15(16)18-7-8-19(23(18)2)20(25)22-17-13-24-11-9-14(17)10-12-24/h3-8,14,17,21H,9-13H2,1-2H3,(H,22,25)/t17-/m0/s1. The molecule has 5 rings (SSSR count). The third-order valence-electron chi connectivity index (χ3n) is 5.80. The minimum atomic E-state index is 0.0365. The summed E-state index contributed by atoms with van der Waals surface area (Å²) in [5.41, 5.74) is 3.93. The third kappa shape index (κ3) is 2.93. The molecule has 25 heavy (non-hydrogen) atoms. The molecule has 5 heteroatoms. The van der Waals surface area contributed by atoms with Crippen molar-refractivity contribution < 1.29 is 4.79 Å². The van der Waals surface area contributed by atoms with Crippen LogP contribution >= 0.6 is 0 Å². The number of benzene rings is 1. The van der Waals surface area contributed by atoms with E-state index in [0.717, 1.165) is 29.2 Å². The maximum atomic E-state index is 12.8. The van der Waals surface area contributed by atoms with Gasteiger partial charge in [0.1, 0.15) is 5.69 Å². The molecule has 5 nitrogen and oxygen atoms in total. The maximum Gasteiger partial charge on any atom is 0.268 e. The Balaban J connectivity index is 1.55. The van der Waals surface area contributed by atoms with Gasteiger partial charge in [-0.05, 0) is 50.0 Å². The van der Waals surface area contributed by atoms with Gasteiger partial charge in [-0.3, -0.25) is 4.79 Å². The molecule has 1 atom stereocenters. The van der Waals surface area contributed by atoms with Gasteiger partial charge in [-0.15, -0.1) is 0 Å². The number of carbonyl (C=O) groups is 1. The lowest BCUT2D eigenvalue weighted by molar-refractivity contribution is 0.0616. The average Bonchev–Trinajstić information content (AvgIpc) is 3.04. The van der Waals surface area contributed by atoms with Crippen LogP contribution in [0.4, 0.5) is 5.69 Å². The number of piperidine rings is 3. The number of aromatic nitrogens is 1. The van der Waals surface area contributed by atoms with Crippen molar-refractivity contribution in [3.05, 3.63) is 42.1 Å². The molecule has 0 saturated carbocycles. The number of para-hydroxylation sites is 1. The predicted octanol–water partition coefficient (Wildman–Crippen LogP) is 2.56. The van der Waals surface area contributed by atoms with E-state index in [1.807, 2.05) is 42.9 Å². The lowest BCUT2D eigenvalue weighted by atomic mass is 9.84. The Morgan fingerprint density at radius 2 is 1.88 bits per heavy atom. The minimum absolute atomic E-state index is 0.0365. The van der Waals surface area contributed by atoms with Crippen molar-refractivity contribution in [2.24, 2.45) is 13.0 Å². The molecule has 2 bridgehead atoms. The second kappa shape index (κ2) is 6.56. The molecule has 4 heterocycles. The van der Waals surface area contributed by atoms with Gasteiger partial charge in [-0.25, -0.2) is 0 Å². The number of carbonyl (C=O) groups excluding carboxylic acids is 1. The summed E-state index contributed by atoms with van der Waals surface area (Å²) in [4.78, 5) is 15.3. The van der Waals surface area contributed by atoms with E-state index in [9.17, 15) is 4.79 Å². The lowest BCUT2D eigenvalue weighted by Gasteiger charge is -2.44. The highest BCUT2D eigenvalue weighted by molar-refractivity contribution is 5.94. The fourth-order valence-corrected chi connectivity index (χ4v) is 4.31. The Morgan fingerprint density at radius 1 is 1.12 bits per heavy atom. The number of fused-ring (bicyclic) bond motifs is 3. The molecule has 132 valence electrons. The topological polar surface area (TPSA) is 49.3 Å². The number of nitrogens with zero attached hydrogens (tertiary/aromatic N) is 2. The summed E-state index contributed by atoms with van der Waals surface area (Å²) in [5, 5.41) is 6.51. The molecule has 1 amide bonds. The van der Waals surface area contributed by atoms with Crippen molar-refractivity contribution in [2.45, 2.75) is 18.9 Å². The van der Waals surface area contributed by atoms with Crippen molar-refractivity contribution in [1.29, 1.82) is 0 Å². The SMILES string of the molecule is CNc1ccccc1-c1ccc(C(=O)N[C@H]2CN3CCC2CC3)n1C. The van der Waals surface area contributed by atoms with Crippen molar-refractivity contribution >= 4 is 11.6 Å².